The van der Waals surface area contributed by atoms with Gasteiger partial charge in [-0.3, -0.25) is 4.98 Å². The number of aromatic nitrogens is 3. The number of pyridine rings is 1. The Hall–Kier alpha value is -0.870. The van der Waals surface area contributed by atoms with Gasteiger partial charge in [-0.15, -0.1) is 11.6 Å². The van der Waals surface area contributed by atoms with E-state index in [0.29, 0.717) is 5.88 Å². The average Bonchev–Trinajstić information content (AvgIpc) is 2.60. The van der Waals surface area contributed by atoms with Gasteiger partial charge in [0.25, 0.3) is 0 Å². The van der Waals surface area contributed by atoms with E-state index in [4.69, 9.17) is 11.6 Å². The number of nitrogens with zero attached hydrogens (tertiary/aromatic N) is 2. The van der Waals surface area contributed by atoms with Gasteiger partial charge in [-0.1, -0.05) is 0 Å². The maximum atomic E-state index is 5.76. The molecule has 0 aliphatic carbocycles. The second-order valence-electron chi connectivity index (χ2n) is 3.18. The lowest BCUT2D eigenvalue weighted by atomic mass is 10.3. The zero-order chi connectivity index (χ0) is 10.8. The van der Waals surface area contributed by atoms with Crippen molar-refractivity contribution in [2.45, 2.75) is 12.8 Å². The highest BCUT2D eigenvalue weighted by Gasteiger charge is 2.07. The van der Waals surface area contributed by atoms with Gasteiger partial charge >= 0.3 is 0 Å². The number of aromatic amines is 1. The van der Waals surface area contributed by atoms with Crippen LogP contribution in [-0.4, -0.2) is 15.0 Å². The predicted molar refractivity (Wildman–Crippen MR) is 63.8 cm³/mol. The molecule has 1 N–H and O–H groups in total. The second-order valence-corrected chi connectivity index (χ2v) is 4.37. The summed E-state index contributed by atoms with van der Waals surface area (Å²) in [5, 5.41) is 0. The second kappa shape index (κ2) is 4.33. The molecular formula is C10H9BrClN3. The zero-order valence-corrected chi connectivity index (χ0v) is 10.4. The van der Waals surface area contributed by atoms with E-state index in [-0.39, 0.29) is 0 Å². The molecule has 0 saturated carbocycles. The quantitative estimate of drug-likeness (QED) is 0.861. The van der Waals surface area contributed by atoms with Crippen molar-refractivity contribution in [1.82, 2.24) is 15.0 Å². The molecule has 0 spiro atoms. The van der Waals surface area contributed by atoms with Crippen LogP contribution in [0.15, 0.2) is 22.9 Å². The van der Waals surface area contributed by atoms with E-state index in [0.717, 1.165) is 27.2 Å². The van der Waals surface area contributed by atoms with Crippen molar-refractivity contribution in [2.75, 3.05) is 0 Å². The zero-order valence-electron chi connectivity index (χ0n) is 8.09. The fourth-order valence-corrected chi connectivity index (χ4v) is 1.93. The summed E-state index contributed by atoms with van der Waals surface area (Å²) >= 11 is 9.13. The molecule has 0 unspecified atom stereocenters. The van der Waals surface area contributed by atoms with E-state index >= 15 is 0 Å². The maximum absolute atomic E-state index is 5.76. The SMILES string of the molecule is Cc1[nH]c(-c2cncc(Br)c2)nc1CCl. The van der Waals surface area contributed by atoms with Crippen LogP contribution in [-0.2, 0) is 5.88 Å². The number of aryl methyl sites for hydroxylation is 1. The van der Waals surface area contributed by atoms with Crippen LogP contribution in [0, 0.1) is 6.92 Å². The van der Waals surface area contributed by atoms with E-state index in [2.05, 4.69) is 30.9 Å². The fraction of sp³-hybridized carbons (Fsp3) is 0.200. The molecule has 0 atom stereocenters. The molecular weight excluding hydrogens is 277 g/mol. The molecule has 15 heavy (non-hydrogen) atoms. The molecule has 0 saturated heterocycles. The normalized spacial score (nSPS) is 10.6. The van der Waals surface area contributed by atoms with Gasteiger partial charge < -0.3 is 4.98 Å². The first-order valence-corrected chi connectivity index (χ1v) is 5.76. The minimum absolute atomic E-state index is 0.420. The molecule has 0 fully saturated rings. The molecule has 3 nitrogen and oxygen atoms in total. The van der Waals surface area contributed by atoms with Gasteiger partial charge in [-0.2, -0.15) is 0 Å². The Morgan fingerprint density at radius 2 is 2.27 bits per heavy atom. The van der Waals surface area contributed by atoms with E-state index in [1.165, 1.54) is 0 Å². The first-order chi connectivity index (χ1) is 7.20. The summed E-state index contributed by atoms with van der Waals surface area (Å²) in [5.41, 5.74) is 2.83. The summed E-state index contributed by atoms with van der Waals surface area (Å²) < 4.78 is 0.932. The highest BCUT2D eigenvalue weighted by atomic mass is 79.9. The molecule has 0 aromatic carbocycles. The Balaban J connectivity index is 2.45. The van der Waals surface area contributed by atoms with Crippen molar-refractivity contribution in [3.05, 3.63) is 34.3 Å². The van der Waals surface area contributed by atoms with Crippen LogP contribution in [0.3, 0.4) is 0 Å². The molecule has 0 bridgehead atoms. The largest absolute Gasteiger partial charge is 0.342 e. The third-order valence-corrected chi connectivity index (χ3v) is 2.78. The Kier molecular flexibility index (Phi) is 3.07. The lowest BCUT2D eigenvalue weighted by Crippen LogP contribution is -1.83. The Morgan fingerprint density at radius 3 is 2.87 bits per heavy atom. The third kappa shape index (κ3) is 2.21. The molecule has 2 rings (SSSR count). The van der Waals surface area contributed by atoms with E-state index in [1.807, 2.05) is 13.0 Å². The number of halogens is 2. The van der Waals surface area contributed by atoms with Crippen LogP contribution in [0.1, 0.15) is 11.4 Å². The van der Waals surface area contributed by atoms with E-state index in [1.54, 1.807) is 12.4 Å². The molecule has 78 valence electrons. The Bertz CT molecular complexity index is 481. The number of imidazole rings is 1. The summed E-state index contributed by atoms with van der Waals surface area (Å²) in [5.74, 6) is 1.22. The summed E-state index contributed by atoms with van der Waals surface area (Å²) in [6, 6.07) is 1.96. The van der Waals surface area contributed by atoms with Gasteiger partial charge in [-0.05, 0) is 28.9 Å². The van der Waals surface area contributed by atoms with Gasteiger partial charge in [-0.25, -0.2) is 4.98 Å². The number of hydrogen-bond acceptors (Lipinski definition) is 2. The highest BCUT2D eigenvalue weighted by Crippen LogP contribution is 2.21. The molecule has 2 aromatic rings. The van der Waals surface area contributed by atoms with Crippen LogP contribution in [0.4, 0.5) is 0 Å². The van der Waals surface area contributed by atoms with Crippen molar-refractivity contribution < 1.29 is 0 Å². The van der Waals surface area contributed by atoms with Crippen LogP contribution in [0.25, 0.3) is 11.4 Å². The third-order valence-electron chi connectivity index (χ3n) is 2.09. The number of rotatable bonds is 2. The molecule has 0 aliphatic rings. The maximum Gasteiger partial charge on any atom is 0.139 e. The molecule has 0 amide bonds. The lowest BCUT2D eigenvalue weighted by Gasteiger charge is -1.95. The predicted octanol–water partition coefficient (Wildman–Crippen LogP) is 3.28. The van der Waals surface area contributed by atoms with Crippen molar-refractivity contribution in [1.29, 1.82) is 0 Å². The van der Waals surface area contributed by atoms with Crippen LogP contribution >= 0.6 is 27.5 Å². The smallest absolute Gasteiger partial charge is 0.139 e. The van der Waals surface area contributed by atoms with Crippen LogP contribution in [0.2, 0.25) is 0 Å². The summed E-state index contributed by atoms with van der Waals surface area (Å²) in [6.07, 6.45) is 3.50. The lowest BCUT2D eigenvalue weighted by molar-refractivity contribution is 1.18. The monoisotopic (exact) mass is 285 g/mol. The topological polar surface area (TPSA) is 41.6 Å². The van der Waals surface area contributed by atoms with Gasteiger partial charge in [0.05, 0.1) is 11.6 Å². The summed E-state index contributed by atoms with van der Waals surface area (Å²) in [7, 11) is 0. The minimum atomic E-state index is 0.420. The van der Waals surface area contributed by atoms with Crippen LogP contribution < -0.4 is 0 Å². The Labute approximate surface area is 101 Å². The first kappa shape index (κ1) is 10.6. The van der Waals surface area contributed by atoms with Gasteiger partial charge in [0.2, 0.25) is 0 Å². The molecule has 2 heterocycles. The van der Waals surface area contributed by atoms with Crippen molar-refractivity contribution in [3.63, 3.8) is 0 Å². The standard InChI is InChI=1S/C10H9BrClN3/c1-6-9(3-12)15-10(14-6)7-2-8(11)5-13-4-7/h2,4-5H,3H2,1H3,(H,14,15). The van der Waals surface area contributed by atoms with Crippen molar-refractivity contribution in [3.8, 4) is 11.4 Å². The number of H-pyrrole nitrogens is 1. The highest BCUT2D eigenvalue weighted by molar-refractivity contribution is 9.10. The van der Waals surface area contributed by atoms with Crippen LogP contribution in [0.5, 0.6) is 0 Å². The number of nitrogens with one attached hydrogen (secondary N) is 1. The summed E-state index contributed by atoms with van der Waals surface area (Å²) in [4.78, 5) is 11.7. The first-order valence-electron chi connectivity index (χ1n) is 4.43. The van der Waals surface area contributed by atoms with Crippen molar-refractivity contribution >= 4 is 27.5 Å². The Morgan fingerprint density at radius 1 is 1.47 bits per heavy atom. The molecule has 0 aliphatic heterocycles. The van der Waals surface area contributed by atoms with Gasteiger partial charge in [0.15, 0.2) is 0 Å². The van der Waals surface area contributed by atoms with Crippen molar-refractivity contribution in [2.24, 2.45) is 0 Å². The summed E-state index contributed by atoms with van der Waals surface area (Å²) in [6.45, 7) is 1.96. The number of hydrogen-bond donors (Lipinski definition) is 1. The van der Waals surface area contributed by atoms with Gasteiger partial charge in [0.1, 0.15) is 5.82 Å². The molecule has 2 aromatic heterocycles. The van der Waals surface area contributed by atoms with E-state index < -0.39 is 0 Å². The van der Waals surface area contributed by atoms with Gasteiger partial charge in [0, 0.05) is 28.1 Å². The minimum Gasteiger partial charge on any atom is -0.342 e. The fourth-order valence-electron chi connectivity index (χ4n) is 1.30. The van der Waals surface area contributed by atoms with E-state index in [9.17, 15) is 0 Å². The molecule has 0 radical (unpaired) electrons. The average molecular weight is 287 g/mol. The number of alkyl halides is 1. The molecule has 5 heteroatoms.